The summed E-state index contributed by atoms with van der Waals surface area (Å²) >= 11 is 0. The van der Waals surface area contributed by atoms with Crippen LogP contribution in [0.1, 0.15) is 29.4 Å². The first-order valence-electron chi connectivity index (χ1n) is 10.9. The zero-order valence-corrected chi connectivity index (χ0v) is 20.9. The minimum atomic E-state index is -5.66. The third-order valence-electron chi connectivity index (χ3n) is 6.51. The summed E-state index contributed by atoms with van der Waals surface area (Å²) in [4.78, 5) is 5.48. The molecule has 0 spiro atoms. The average Bonchev–Trinajstić information content (AvgIpc) is 2.82. The molecule has 3 aromatic rings. The summed E-state index contributed by atoms with van der Waals surface area (Å²) in [5.41, 5.74) is 1.54. The molecule has 0 fully saturated rings. The number of nitrogens with zero attached hydrogens (tertiary/aromatic N) is 2. The van der Waals surface area contributed by atoms with E-state index < -0.39 is 29.9 Å². The van der Waals surface area contributed by atoms with Crippen molar-refractivity contribution in [3.63, 3.8) is 0 Å². The highest BCUT2D eigenvalue weighted by Crippen LogP contribution is 2.58. The Kier molecular flexibility index (Phi) is 5.42. The van der Waals surface area contributed by atoms with Gasteiger partial charge in [-0.1, -0.05) is 72.8 Å². The van der Waals surface area contributed by atoms with Crippen LogP contribution in [-0.4, -0.2) is 41.4 Å². The van der Waals surface area contributed by atoms with Crippen molar-refractivity contribution in [2.24, 2.45) is 4.99 Å². The number of aliphatic imine (C=N–C) groups is 1. The monoisotopic (exact) mass is 520 g/mol. The summed E-state index contributed by atoms with van der Waals surface area (Å²) in [6.07, 6.45) is 3.68. The lowest BCUT2D eigenvalue weighted by molar-refractivity contribution is 0.368. The fourth-order valence-corrected chi connectivity index (χ4v) is 8.10. The van der Waals surface area contributed by atoms with Crippen LogP contribution in [0.5, 0.6) is 0 Å². The van der Waals surface area contributed by atoms with E-state index in [9.17, 15) is 25.9 Å². The lowest BCUT2D eigenvalue weighted by Gasteiger charge is -2.53. The molecule has 0 saturated heterocycles. The molecule has 0 N–H and O–H groups in total. The van der Waals surface area contributed by atoms with E-state index in [1.165, 1.54) is 19.1 Å². The molecule has 2 aromatic carbocycles. The molecular weight excluding hydrogens is 500 g/mol. The first-order valence-corrected chi connectivity index (χ1v) is 13.8. The zero-order chi connectivity index (χ0) is 25.9. The Morgan fingerprint density at radius 2 is 1.39 bits per heavy atom. The number of benzene rings is 2. The van der Waals surface area contributed by atoms with E-state index in [4.69, 9.17) is 0 Å². The van der Waals surface area contributed by atoms with Gasteiger partial charge in [-0.2, -0.15) is 0 Å². The van der Waals surface area contributed by atoms with Crippen molar-refractivity contribution in [3.8, 4) is 11.1 Å². The molecule has 0 amide bonds. The van der Waals surface area contributed by atoms with Crippen LogP contribution in [0.4, 0.5) is 0 Å². The summed E-state index contributed by atoms with van der Waals surface area (Å²) in [5.74, 6) is 0. The first kappa shape index (κ1) is 24.3. The lowest BCUT2D eigenvalue weighted by atomic mass is 9.75. The van der Waals surface area contributed by atoms with E-state index in [2.05, 4.69) is 9.98 Å². The number of fused-ring (bicyclic) bond motifs is 3. The Bertz CT molecular complexity index is 1700. The fourth-order valence-electron chi connectivity index (χ4n) is 5.12. The molecule has 1 aliphatic heterocycles. The predicted octanol–water partition coefficient (Wildman–Crippen LogP) is 3.62. The normalized spacial score (nSPS) is 23.3. The van der Waals surface area contributed by atoms with Crippen molar-refractivity contribution in [3.05, 3.63) is 101 Å². The van der Waals surface area contributed by atoms with Crippen LogP contribution in [0, 0.1) is 6.92 Å². The number of aryl methyl sites for hydroxylation is 1. The van der Waals surface area contributed by atoms with Crippen LogP contribution in [-0.2, 0) is 25.1 Å². The van der Waals surface area contributed by atoms with Gasteiger partial charge < -0.3 is 9.11 Å². The quantitative estimate of drug-likeness (QED) is 0.479. The van der Waals surface area contributed by atoms with Gasteiger partial charge in [0.1, 0.15) is 25.0 Å². The molecule has 2 aliphatic rings. The van der Waals surface area contributed by atoms with Crippen molar-refractivity contribution >= 4 is 37.6 Å². The first-order chi connectivity index (χ1) is 16.9. The van der Waals surface area contributed by atoms with Crippen LogP contribution in [0.2, 0.25) is 0 Å². The second-order valence-corrected chi connectivity index (χ2v) is 11.8. The molecule has 0 saturated carbocycles. The minimum absolute atomic E-state index is 0.0679. The number of hydrogen-bond donors (Lipinski definition) is 0. The number of rotatable bonds is 4. The van der Waals surface area contributed by atoms with E-state index in [1.807, 2.05) is 6.07 Å². The number of hydrogen-bond acceptors (Lipinski definition) is 8. The zero-order valence-electron chi connectivity index (χ0n) is 19.2. The topological polar surface area (TPSA) is 140 Å². The highest BCUT2D eigenvalue weighted by molar-refractivity contribution is 7.92. The number of aromatic nitrogens is 1. The smallest absolute Gasteiger partial charge is 0.218 e. The van der Waals surface area contributed by atoms with Crippen LogP contribution in [0.15, 0.2) is 83.9 Å². The van der Waals surface area contributed by atoms with Gasteiger partial charge in [-0.15, -0.1) is 0 Å². The molecular formula is C26H20N2O6S2-2. The third kappa shape index (κ3) is 3.26. The highest BCUT2D eigenvalue weighted by atomic mass is 32.2. The van der Waals surface area contributed by atoms with Crippen molar-refractivity contribution in [2.45, 2.75) is 23.5 Å². The van der Waals surface area contributed by atoms with Crippen molar-refractivity contribution < 1.29 is 25.9 Å². The molecule has 5 rings (SSSR count). The fraction of sp³-hybridized carbons (Fsp3) is 0.154. The molecule has 2 unspecified atom stereocenters. The van der Waals surface area contributed by atoms with Gasteiger partial charge in [0, 0.05) is 17.0 Å². The van der Waals surface area contributed by atoms with Crippen LogP contribution < -0.4 is 0 Å². The molecule has 0 radical (unpaired) electrons. The summed E-state index contributed by atoms with van der Waals surface area (Å²) in [6.45, 7) is 3.04. The van der Waals surface area contributed by atoms with Gasteiger partial charge >= 0.3 is 0 Å². The maximum Gasteiger partial charge on any atom is 0.218 e. The Balaban J connectivity index is 2.01. The maximum atomic E-state index is 13.3. The van der Waals surface area contributed by atoms with Crippen molar-refractivity contribution in [1.29, 1.82) is 0 Å². The van der Waals surface area contributed by atoms with E-state index >= 15 is 0 Å². The largest absolute Gasteiger partial charge is 0.747 e. The van der Waals surface area contributed by atoms with Gasteiger partial charge in [0.15, 0.2) is 0 Å². The molecule has 2 atom stereocenters. The van der Waals surface area contributed by atoms with Crippen LogP contribution in [0.3, 0.4) is 0 Å². The molecule has 8 nitrogen and oxygen atoms in total. The van der Waals surface area contributed by atoms with Gasteiger partial charge in [-0.05, 0) is 48.3 Å². The Labute approximate surface area is 209 Å². The highest BCUT2D eigenvalue weighted by Gasteiger charge is 2.67. The van der Waals surface area contributed by atoms with Crippen LogP contribution >= 0.6 is 0 Å². The second-order valence-electron chi connectivity index (χ2n) is 8.74. The van der Waals surface area contributed by atoms with Gasteiger partial charge in [-0.3, -0.25) is 9.98 Å². The predicted molar refractivity (Wildman–Crippen MR) is 135 cm³/mol. The molecule has 10 heteroatoms. The molecule has 36 heavy (non-hydrogen) atoms. The summed E-state index contributed by atoms with van der Waals surface area (Å²) in [5, 5.41) is 0. The molecule has 2 heterocycles. The van der Waals surface area contributed by atoms with E-state index in [-0.39, 0.29) is 28.1 Å². The van der Waals surface area contributed by atoms with E-state index in [0.717, 1.165) is 6.08 Å². The molecule has 1 aliphatic carbocycles. The Morgan fingerprint density at radius 1 is 0.806 bits per heavy atom. The van der Waals surface area contributed by atoms with E-state index in [0.29, 0.717) is 16.8 Å². The Morgan fingerprint density at radius 3 is 1.94 bits per heavy atom. The van der Waals surface area contributed by atoms with Crippen LogP contribution in [0.25, 0.3) is 22.8 Å². The summed E-state index contributed by atoms with van der Waals surface area (Å²) < 4.78 is 76.5. The van der Waals surface area contributed by atoms with Gasteiger partial charge in [0.25, 0.3) is 0 Å². The van der Waals surface area contributed by atoms with Gasteiger partial charge in [0.05, 0.1) is 5.69 Å². The van der Waals surface area contributed by atoms with Gasteiger partial charge in [-0.25, -0.2) is 16.8 Å². The average molecular weight is 521 g/mol. The third-order valence-corrected chi connectivity index (χ3v) is 9.41. The lowest BCUT2D eigenvalue weighted by Crippen LogP contribution is -2.62. The molecule has 0 bridgehead atoms. The summed E-state index contributed by atoms with van der Waals surface area (Å²) in [7, 11) is -11.2. The van der Waals surface area contributed by atoms with Crippen molar-refractivity contribution in [1.82, 2.24) is 4.98 Å². The standard InChI is InChI=1S/C26H22N2O6S2/c1-17-15-22(19-9-5-3-6-10-19)21-13-14-25(35(29,30)31)23(20-11-7-4-8-12-20)16-18(2)28-26(25,24(21)27-17)36(32,33)34/h3-16H,1-2H3,(H,29,30,31)(H,32,33,34)/p-2. The number of pyridine rings is 1. The SMILES string of the molecule is CC1=NC2(S(=O)(=O)[O-])c3nc(C)cc(-c4ccccc4)c3C=CC2(S(=O)(=O)[O-])C(c2ccccc2)=C1. The second kappa shape index (κ2) is 8.04. The van der Waals surface area contributed by atoms with Gasteiger partial charge in [0.2, 0.25) is 4.87 Å². The number of allylic oxidation sites excluding steroid dienone is 1. The Hall–Kier alpha value is -3.44. The molecule has 184 valence electrons. The summed E-state index contributed by atoms with van der Waals surface area (Å²) in [6, 6.07) is 18.7. The van der Waals surface area contributed by atoms with Crippen molar-refractivity contribution in [2.75, 3.05) is 0 Å². The van der Waals surface area contributed by atoms with E-state index in [1.54, 1.807) is 67.6 Å². The number of dihydropyridines is 1. The maximum absolute atomic E-state index is 13.3. The molecule has 1 aromatic heterocycles. The minimum Gasteiger partial charge on any atom is -0.747 e.